The lowest BCUT2D eigenvalue weighted by atomic mass is 9.82. The van der Waals surface area contributed by atoms with E-state index in [9.17, 15) is 9.90 Å². The van der Waals surface area contributed by atoms with E-state index in [-0.39, 0.29) is 5.92 Å². The molecule has 1 aliphatic rings. The van der Waals surface area contributed by atoms with Crippen molar-refractivity contribution in [3.05, 3.63) is 0 Å². The predicted octanol–water partition coefficient (Wildman–Crippen LogP) is 2.45. The summed E-state index contributed by atoms with van der Waals surface area (Å²) >= 11 is 0. The molecule has 96 valence electrons. The monoisotopic (exact) mass is 237 g/mol. The third-order valence-corrected chi connectivity index (χ3v) is 3.67. The highest BCUT2D eigenvalue weighted by Crippen LogP contribution is 2.28. The fourth-order valence-corrected chi connectivity index (χ4v) is 2.61. The Morgan fingerprint density at radius 2 is 1.94 bits per heavy atom. The fourth-order valence-electron chi connectivity index (χ4n) is 2.61. The normalized spacial score (nSPS) is 19.8. The maximum absolute atomic E-state index is 11.4. The molecule has 1 N–H and O–H groups in total. The summed E-state index contributed by atoms with van der Waals surface area (Å²) in [5.41, 5.74) is 0. The number of hydrogen-bond acceptors (Lipinski definition) is 2. The van der Waals surface area contributed by atoms with Gasteiger partial charge >= 0.3 is 5.97 Å². The van der Waals surface area contributed by atoms with Gasteiger partial charge in [0.15, 0.2) is 7.98 Å². The molecule has 0 heterocycles. The van der Waals surface area contributed by atoms with Crippen molar-refractivity contribution in [3.63, 3.8) is 0 Å². The number of nitrogens with zero attached hydrogens (tertiary/aromatic N) is 1. The summed E-state index contributed by atoms with van der Waals surface area (Å²) < 4.78 is 0. The number of hydrogen-bond donors (Lipinski definition) is 1. The van der Waals surface area contributed by atoms with E-state index in [1.54, 1.807) is 4.81 Å². The van der Waals surface area contributed by atoms with Gasteiger partial charge in [-0.25, -0.2) is 0 Å². The zero-order valence-electron chi connectivity index (χ0n) is 11.1. The summed E-state index contributed by atoms with van der Waals surface area (Å²) in [6, 6.07) is -0.492. The molecule has 0 saturated heterocycles. The standard InChI is InChI=1S/C13H24BNO2/c1-10(2)8-9-15(14)12(13(16)17)11-6-4-3-5-7-11/h10-12H,3-9H2,1-2H3,(H,16,17)/t12-/m0/s1. The average Bonchev–Trinajstić information content (AvgIpc) is 2.27. The minimum atomic E-state index is -0.761. The van der Waals surface area contributed by atoms with Crippen molar-refractivity contribution in [1.82, 2.24) is 4.81 Å². The molecule has 0 bridgehead atoms. The van der Waals surface area contributed by atoms with E-state index in [0.717, 1.165) is 32.1 Å². The fraction of sp³-hybridized carbons (Fsp3) is 0.923. The molecule has 1 atom stereocenters. The summed E-state index contributed by atoms with van der Waals surface area (Å²) in [5, 5.41) is 9.34. The molecule has 0 aliphatic heterocycles. The average molecular weight is 237 g/mol. The summed E-state index contributed by atoms with van der Waals surface area (Å²) in [6.45, 7) is 4.93. The smallest absolute Gasteiger partial charge is 0.320 e. The topological polar surface area (TPSA) is 40.5 Å². The number of rotatable bonds is 6. The van der Waals surface area contributed by atoms with Gasteiger partial charge in [0.1, 0.15) is 6.04 Å². The summed E-state index contributed by atoms with van der Waals surface area (Å²) in [7, 11) is 5.95. The van der Waals surface area contributed by atoms with Gasteiger partial charge in [-0.2, -0.15) is 0 Å². The molecule has 1 aliphatic carbocycles. The summed E-state index contributed by atoms with van der Waals surface area (Å²) in [4.78, 5) is 12.9. The zero-order chi connectivity index (χ0) is 12.8. The number of carboxylic acid groups (broad SMARTS) is 1. The molecule has 2 radical (unpaired) electrons. The number of carboxylic acids is 1. The van der Waals surface area contributed by atoms with E-state index >= 15 is 0 Å². The molecule has 1 fully saturated rings. The predicted molar refractivity (Wildman–Crippen MR) is 69.9 cm³/mol. The largest absolute Gasteiger partial charge is 0.480 e. The van der Waals surface area contributed by atoms with Crippen molar-refractivity contribution in [3.8, 4) is 0 Å². The highest BCUT2D eigenvalue weighted by Gasteiger charge is 2.31. The van der Waals surface area contributed by atoms with Crippen LogP contribution in [0.1, 0.15) is 52.4 Å². The third kappa shape index (κ3) is 4.70. The van der Waals surface area contributed by atoms with Crippen LogP contribution in [0.15, 0.2) is 0 Å². The van der Waals surface area contributed by atoms with Gasteiger partial charge in [0.05, 0.1) is 0 Å². The van der Waals surface area contributed by atoms with Crippen LogP contribution in [0.2, 0.25) is 0 Å². The van der Waals surface area contributed by atoms with E-state index in [1.807, 2.05) is 0 Å². The molecule has 0 aromatic carbocycles. The minimum absolute atomic E-state index is 0.235. The third-order valence-electron chi connectivity index (χ3n) is 3.67. The molecule has 1 saturated carbocycles. The lowest BCUT2D eigenvalue weighted by Gasteiger charge is -2.34. The zero-order valence-corrected chi connectivity index (χ0v) is 11.1. The second-order valence-electron chi connectivity index (χ2n) is 5.60. The molecule has 3 nitrogen and oxygen atoms in total. The Hall–Kier alpha value is -0.505. The maximum atomic E-state index is 11.4. The Morgan fingerprint density at radius 1 is 1.35 bits per heavy atom. The quantitative estimate of drug-likeness (QED) is 0.721. The highest BCUT2D eigenvalue weighted by molar-refractivity contribution is 6.06. The van der Waals surface area contributed by atoms with Crippen LogP contribution in [0.4, 0.5) is 0 Å². The number of carbonyl (C=O) groups is 1. The van der Waals surface area contributed by atoms with Crippen LogP contribution < -0.4 is 0 Å². The molecule has 0 aromatic rings. The van der Waals surface area contributed by atoms with Gasteiger partial charge in [-0.05, 0) is 37.6 Å². The Morgan fingerprint density at radius 3 is 2.41 bits per heavy atom. The van der Waals surface area contributed by atoms with Gasteiger partial charge in [0.2, 0.25) is 0 Å². The first-order valence-electron chi connectivity index (χ1n) is 6.76. The van der Waals surface area contributed by atoms with Crippen molar-refractivity contribution in [2.45, 2.75) is 58.4 Å². The van der Waals surface area contributed by atoms with Gasteiger partial charge in [-0.15, -0.1) is 0 Å². The first kappa shape index (κ1) is 14.6. The molecule has 0 amide bonds. The molecule has 0 unspecified atom stereocenters. The second kappa shape index (κ2) is 7.05. The van der Waals surface area contributed by atoms with Crippen LogP contribution in [0.5, 0.6) is 0 Å². The van der Waals surface area contributed by atoms with Crippen molar-refractivity contribution < 1.29 is 9.90 Å². The molecule has 0 spiro atoms. The Balaban J connectivity index is 2.54. The molecular weight excluding hydrogens is 213 g/mol. The summed E-state index contributed by atoms with van der Waals surface area (Å²) in [6.07, 6.45) is 6.49. The Labute approximate surface area is 106 Å². The van der Waals surface area contributed by atoms with Crippen LogP contribution >= 0.6 is 0 Å². The first-order chi connectivity index (χ1) is 8.02. The first-order valence-corrected chi connectivity index (χ1v) is 6.76. The van der Waals surface area contributed by atoms with Gasteiger partial charge in [-0.3, -0.25) is 4.79 Å². The lowest BCUT2D eigenvalue weighted by molar-refractivity contribution is -0.143. The molecular formula is C13H24BNO2. The number of aliphatic carboxylic acids is 1. The van der Waals surface area contributed by atoms with Crippen LogP contribution in [-0.2, 0) is 4.79 Å². The molecule has 0 aromatic heterocycles. The van der Waals surface area contributed by atoms with E-state index < -0.39 is 12.0 Å². The van der Waals surface area contributed by atoms with Gasteiger partial charge in [0.25, 0.3) is 0 Å². The van der Waals surface area contributed by atoms with Gasteiger partial charge < -0.3 is 9.92 Å². The Bertz CT molecular complexity index is 240. The van der Waals surface area contributed by atoms with Crippen molar-refractivity contribution in [2.75, 3.05) is 6.54 Å². The molecule has 1 rings (SSSR count). The highest BCUT2D eigenvalue weighted by atomic mass is 16.4. The Kier molecular flexibility index (Phi) is 6.03. The second-order valence-corrected chi connectivity index (χ2v) is 5.60. The van der Waals surface area contributed by atoms with Crippen LogP contribution in [0.25, 0.3) is 0 Å². The molecule has 17 heavy (non-hydrogen) atoms. The van der Waals surface area contributed by atoms with Gasteiger partial charge in [-0.1, -0.05) is 33.1 Å². The van der Waals surface area contributed by atoms with E-state index in [1.165, 1.54) is 6.42 Å². The minimum Gasteiger partial charge on any atom is -0.480 e. The van der Waals surface area contributed by atoms with Crippen LogP contribution in [0, 0.1) is 11.8 Å². The van der Waals surface area contributed by atoms with E-state index in [2.05, 4.69) is 13.8 Å². The molecule has 4 heteroatoms. The SMILES string of the molecule is [B]N(CCC(C)C)[C@H](C(=O)O)C1CCCCC1. The maximum Gasteiger partial charge on any atom is 0.320 e. The van der Waals surface area contributed by atoms with Gasteiger partial charge in [0, 0.05) is 0 Å². The van der Waals surface area contributed by atoms with Crippen molar-refractivity contribution in [1.29, 1.82) is 0 Å². The lowest BCUT2D eigenvalue weighted by Crippen LogP contribution is -2.46. The van der Waals surface area contributed by atoms with E-state index in [4.69, 9.17) is 7.98 Å². The summed E-state index contributed by atoms with van der Waals surface area (Å²) in [5.74, 6) is 0.0309. The van der Waals surface area contributed by atoms with E-state index in [0.29, 0.717) is 12.5 Å². The van der Waals surface area contributed by atoms with Crippen molar-refractivity contribution >= 4 is 14.0 Å². The van der Waals surface area contributed by atoms with Crippen LogP contribution in [-0.4, -0.2) is 36.5 Å². The van der Waals surface area contributed by atoms with Crippen LogP contribution in [0.3, 0.4) is 0 Å². The van der Waals surface area contributed by atoms with Crippen molar-refractivity contribution in [2.24, 2.45) is 11.8 Å².